The third-order valence-electron chi connectivity index (χ3n) is 3.27. The van der Waals surface area contributed by atoms with Crippen LogP contribution in [0.3, 0.4) is 0 Å². The molecule has 4 heteroatoms. The molecular weight excluding hydrogens is 252 g/mol. The third-order valence-corrected chi connectivity index (χ3v) is 3.27. The Morgan fingerprint density at radius 2 is 1.80 bits per heavy atom. The summed E-state index contributed by atoms with van der Waals surface area (Å²) in [4.78, 5) is 23.6. The van der Waals surface area contributed by atoms with Crippen molar-refractivity contribution in [1.29, 1.82) is 0 Å². The first-order chi connectivity index (χ1) is 9.11. The summed E-state index contributed by atoms with van der Waals surface area (Å²) in [6, 6.07) is -0.0109. The van der Waals surface area contributed by atoms with Crippen LogP contribution in [0.5, 0.6) is 0 Å². The Labute approximate surface area is 123 Å². The maximum Gasteiger partial charge on any atom is 0.246 e. The summed E-state index contributed by atoms with van der Waals surface area (Å²) in [6.45, 7) is 15.2. The average Bonchev–Trinajstić information content (AvgIpc) is 2.27. The minimum Gasteiger partial charge on any atom is -0.351 e. The summed E-state index contributed by atoms with van der Waals surface area (Å²) in [5.41, 5.74) is 0.206. The molecule has 0 heterocycles. The quantitative estimate of drug-likeness (QED) is 0.673. The Morgan fingerprint density at radius 3 is 2.20 bits per heavy atom. The van der Waals surface area contributed by atoms with Gasteiger partial charge >= 0.3 is 0 Å². The Bertz CT molecular complexity index is 363. The Balaban J connectivity index is 4.70. The van der Waals surface area contributed by atoms with Crippen LogP contribution in [0.1, 0.15) is 60.8 Å². The molecule has 4 nitrogen and oxygen atoms in total. The topological polar surface area (TPSA) is 58.2 Å². The summed E-state index contributed by atoms with van der Waals surface area (Å²) >= 11 is 0. The molecule has 2 amide bonds. The van der Waals surface area contributed by atoms with Gasteiger partial charge in [-0.2, -0.15) is 0 Å². The molecule has 0 saturated heterocycles. The van der Waals surface area contributed by atoms with Crippen molar-refractivity contribution in [2.24, 2.45) is 5.92 Å². The predicted molar refractivity (Wildman–Crippen MR) is 83.3 cm³/mol. The standard InChI is InChI=1S/C16H30N2O2/c1-8-9-16(7,18-15(20)12(4)5)10-13(6)17-14(19)11(2)3/h12-13H,2,8-10H2,1,3-7H3,(H,17,19)(H,18,20). The molecule has 0 aliphatic carbocycles. The van der Waals surface area contributed by atoms with Gasteiger partial charge in [-0.05, 0) is 33.6 Å². The molecule has 20 heavy (non-hydrogen) atoms. The van der Waals surface area contributed by atoms with Crippen molar-refractivity contribution in [3.05, 3.63) is 12.2 Å². The molecule has 0 fully saturated rings. The van der Waals surface area contributed by atoms with Gasteiger partial charge in [-0.1, -0.05) is 33.8 Å². The first-order valence-corrected chi connectivity index (χ1v) is 7.39. The third kappa shape index (κ3) is 6.73. The van der Waals surface area contributed by atoms with Crippen LogP contribution < -0.4 is 10.6 Å². The van der Waals surface area contributed by atoms with Crippen LogP contribution in [0.4, 0.5) is 0 Å². The van der Waals surface area contributed by atoms with Gasteiger partial charge < -0.3 is 10.6 Å². The fourth-order valence-corrected chi connectivity index (χ4v) is 2.28. The first kappa shape index (κ1) is 18.7. The van der Waals surface area contributed by atoms with E-state index in [0.717, 1.165) is 12.8 Å². The largest absolute Gasteiger partial charge is 0.351 e. The second-order valence-electron chi connectivity index (χ2n) is 6.31. The zero-order valence-electron chi connectivity index (χ0n) is 13.8. The van der Waals surface area contributed by atoms with Gasteiger partial charge in [0, 0.05) is 23.1 Å². The van der Waals surface area contributed by atoms with Crippen molar-refractivity contribution < 1.29 is 9.59 Å². The second kappa shape index (κ2) is 8.08. The highest BCUT2D eigenvalue weighted by Gasteiger charge is 2.29. The lowest BCUT2D eigenvalue weighted by Gasteiger charge is -2.34. The Kier molecular flexibility index (Phi) is 7.54. The first-order valence-electron chi connectivity index (χ1n) is 7.39. The SMILES string of the molecule is C=C(C)C(=O)NC(C)CC(C)(CCC)NC(=O)C(C)C. The van der Waals surface area contributed by atoms with Gasteiger partial charge in [0.2, 0.25) is 11.8 Å². The van der Waals surface area contributed by atoms with Gasteiger partial charge in [-0.25, -0.2) is 0 Å². The zero-order chi connectivity index (χ0) is 15.9. The normalized spacial score (nSPS) is 15.3. The Morgan fingerprint density at radius 1 is 1.25 bits per heavy atom. The fraction of sp³-hybridized carbons (Fsp3) is 0.750. The molecule has 0 saturated carbocycles. The van der Waals surface area contributed by atoms with E-state index >= 15 is 0 Å². The van der Waals surface area contributed by atoms with E-state index in [-0.39, 0.29) is 29.3 Å². The molecule has 2 unspecified atom stereocenters. The maximum absolute atomic E-state index is 11.9. The lowest BCUT2D eigenvalue weighted by atomic mass is 9.88. The molecular formula is C16H30N2O2. The second-order valence-corrected chi connectivity index (χ2v) is 6.31. The average molecular weight is 282 g/mol. The van der Waals surface area contributed by atoms with Crippen molar-refractivity contribution in [3.8, 4) is 0 Å². The number of hydrogen-bond acceptors (Lipinski definition) is 2. The number of carbonyl (C=O) groups is 2. The number of hydrogen-bond donors (Lipinski definition) is 2. The molecule has 0 aromatic heterocycles. The molecule has 2 N–H and O–H groups in total. The summed E-state index contributed by atoms with van der Waals surface area (Å²) in [7, 11) is 0. The number of carbonyl (C=O) groups excluding carboxylic acids is 2. The highest BCUT2D eigenvalue weighted by atomic mass is 16.2. The van der Waals surface area contributed by atoms with Gasteiger partial charge in [0.15, 0.2) is 0 Å². The number of rotatable bonds is 8. The summed E-state index contributed by atoms with van der Waals surface area (Å²) < 4.78 is 0. The van der Waals surface area contributed by atoms with Gasteiger partial charge in [-0.3, -0.25) is 9.59 Å². The highest BCUT2D eigenvalue weighted by Crippen LogP contribution is 2.20. The van der Waals surface area contributed by atoms with Crippen LogP contribution in [-0.4, -0.2) is 23.4 Å². The molecule has 2 atom stereocenters. The fourth-order valence-electron chi connectivity index (χ4n) is 2.28. The van der Waals surface area contributed by atoms with E-state index in [1.165, 1.54) is 0 Å². The van der Waals surface area contributed by atoms with E-state index in [4.69, 9.17) is 0 Å². The molecule has 116 valence electrons. The van der Waals surface area contributed by atoms with Crippen LogP contribution in [-0.2, 0) is 9.59 Å². The van der Waals surface area contributed by atoms with E-state index in [2.05, 4.69) is 24.1 Å². The molecule has 0 radical (unpaired) electrons. The van der Waals surface area contributed by atoms with Crippen LogP contribution >= 0.6 is 0 Å². The maximum atomic E-state index is 11.9. The molecule has 0 bridgehead atoms. The number of amides is 2. The highest BCUT2D eigenvalue weighted by molar-refractivity contribution is 5.92. The summed E-state index contributed by atoms with van der Waals surface area (Å²) in [5.74, 6) is -0.114. The van der Waals surface area contributed by atoms with Gasteiger partial charge in [0.05, 0.1) is 0 Å². The molecule has 0 rings (SSSR count). The van der Waals surface area contributed by atoms with Crippen LogP contribution in [0.15, 0.2) is 12.2 Å². The van der Waals surface area contributed by atoms with Crippen molar-refractivity contribution in [2.75, 3.05) is 0 Å². The van der Waals surface area contributed by atoms with E-state index < -0.39 is 0 Å². The van der Waals surface area contributed by atoms with E-state index in [1.54, 1.807) is 6.92 Å². The zero-order valence-corrected chi connectivity index (χ0v) is 13.8. The monoisotopic (exact) mass is 282 g/mol. The van der Waals surface area contributed by atoms with Crippen molar-refractivity contribution >= 4 is 11.8 Å². The smallest absolute Gasteiger partial charge is 0.246 e. The van der Waals surface area contributed by atoms with Crippen molar-refractivity contribution in [2.45, 2.75) is 72.4 Å². The summed E-state index contributed by atoms with van der Waals surface area (Å²) in [6.07, 6.45) is 2.58. The minimum atomic E-state index is -0.294. The van der Waals surface area contributed by atoms with E-state index in [0.29, 0.717) is 12.0 Å². The van der Waals surface area contributed by atoms with Crippen molar-refractivity contribution in [1.82, 2.24) is 10.6 Å². The van der Waals surface area contributed by atoms with Crippen LogP contribution in [0.25, 0.3) is 0 Å². The van der Waals surface area contributed by atoms with Crippen molar-refractivity contribution in [3.63, 3.8) is 0 Å². The summed E-state index contributed by atoms with van der Waals surface area (Å²) in [5, 5.41) is 6.02. The van der Waals surface area contributed by atoms with E-state index in [9.17, 15) is 9.59 Å². The van der Waals surface area contributed by atoms with Crippen LogP contribution in [0.2, 0.25) is 0 Å². The van der Waals surface area contributed by atoms with E-state index in [1.807, 2.05) is 27.7 Å². The molecule has 0 aliphatic heterocycles. The van der Waals surface area contributed by atoms with Gasteiger partial charge in [0.1, 0.15) is 0 Å². The lowest BCUT2D eigenvalue weighted by molar-refractivity contribution is -0.126. The van der Waals surface area contributed by atoms with Gasteiger partial charge in [0.25, 0.3) is 0 Å². The van der Waals surface area contributed by atoms with Gasteiger partial charge in [-0.15, -0.1) is 0 Å². The molecule has 0 aromatic rings. The molecule has 0 aromatic carbocycles. The number of nitrogens with one attached hydrogen (secondary N) is 2. The molecule has 0 aliphatic rings. The molecule has 0 spiro atoms. The Hall–Kier alpha value is -1.32. The predicted octanol–water partition coefficient (Wildman–Crippen LogP) is 2.79. The minimum absolute atomic E-state index is 0.0109. The van der Waals surface area contributed by atoms with Crippen LogP contribution in [0, 0.1) is 5.92 Å². The lowest BCUT2D eigenvalue weighted by Crippen LogP contribution is -2.51.